The second-order valence-corrected chi connectivity index (χ2v) is 7.79. The van der Waals surface area contributed by atoms with Gasteiger partial charge in [-0.25, -0.2) is 9.97 Å². The first-order chi connectivity index (χ1) is 16.0. The molecule has 3 aromatic rings. The maximum absolute atomic E-state index is 12.3. The average molecular weight is 447 g/mol. The average Bonchev–Trinajstić information content (AvgIpc) is 2.84. The third-order valence-corrected chi connectivity index (χ3v) is 5.81. The van der Waals surface area contributed by atoms with E-state index < -0.39 is 10.8 Å². The van der Waals surface area contributed by atoms with Gasteiger partial charge in [0.05, 0.1) is 4.92 Å². The molecule has 2 aromatic carbocycles. The number of benzene rings is 2. The zero-order valence-electron chi connectivity index (χ0n) is 18.5. The predicted octanol–water partition coefficient (Wildman–Crippen LogP) is 3.09. The molecule has 10 nitrogen and oxygen atoms in total. The minimum Gasteiger partial charge on any atom is -0.368 e. The van der Waals surface area contributed by atoms with Crippen molar-refractivity contribution in [3.05, 3.63) is 81.7 Å². The van der Waals surface area contributed by atoms with E-state index in [1.165, 1.54) is 23.1 Å². The Bertz CT molecular complexity index is 1160. The van der Waals surface area contributed by atoms with Crippen LogP contribution in [0, 0.1) is 24.0 Å². The minimum atomic E-state index is -0.524. The molecule has 1 saturated heterocycles. The van der Waals surface area contributed by atoms with Gasteiger partial charge >= 0.3 is 5.69 Å². The Kier molecular flexibility index (Phi) is 6.34. The Balaban J connectivity index is 1.50. The summed E-state index contributed by atoms with van der Waals surface area (Å²) in [6, 6.07) is 14.8. The molecule has 4 rings (SSSR count). The Morgan fingerprint density at radius 3 is 2.36 bits per heavy atom. The second-order valence-electron chi connectivity index (χ2n) is 7.79. The van der Waals surface area contributed by atoms with Gasteiger partial charge in [-0.3, -0.25) is 25.8 Å². The van der Waals surface area contributed by atoms with E-state index in [4.69, 9.17) is 0 Å². The molecular weight excluding hydrogens is 422 g/mol. The van der Waals surface area contributed by atoms with E-state index in [1.807, 2.05) is 11.0 Å². The molecule has 170 valence electrons. The number of hydrogen-bond acceptors (Lipinski definition) is 8. The lowest BCUT2D eigenvalue weighted by Crippen LogP contribution is -2.47. The van der Waals surface area contributed by atoms with E-state index in [2.05, 4.69) is 51.7 Å². The lowest BCUT2D eigenvalue weighted by molar-refractivity contribution is -0.383. The van der Waals surface area contributed by atoms with E-state index in [0.29, 0.717) is 31.7 Å². The van der Waals surface area contributed by atoms with Crippen molar-refractivity contribution in [2.75, 3.05) is 41.4 Å². The number of carbonyl (C=O) groups is 1. The van der Waals surface area contributed by atoms with Gasteiger partial charge in [0, 0.05) is 37.4 Å². The van der Waals surface area contributed by atoms with Gasteiger partial charge in [-0.1, -0.05) is 30.3 Å². The highest BCUT2D eigenvalue weighted by Gasteiger charge is 2.30. The number of nitrogens with one attached hydrogen (secondary N) is 2. The van der Waals surface area contributed by atoms with E-state index >= 15 is 0 Å². The lowest BCUT2D eigenvalue weighted by Gasteiger charge is -2.37. The monoisotopic (exact) mass is 447 g/mol. The fraction of sp³-hybridized carbons (Fsp3) is 0.261. The van der Waals surface area contributed by atoms with Gasteiger partial charge in [-0.05, 0) is 43.2 Å². The highest BCUT2D eigenvalue weighted by atomic mass is 16.6. The summed E-state index contributed by atoms with van der Waals surface area (Å²) in [5.41, 5.74) is 8.86. The number of hydrogen-bond donors (Lipinski definition) is 2. The van der Waals surface area contributed by atoms with Crippen LogP contribution >= 0.6 is 0 Å². The van der Waals surface area contributed by atoms with Gasteiger partial charge in [0.25, 0.3) is 5.91 Å². The van der Waals surface area contributed by atoms with Crippen molar-refractivity contribution in [1.29, 1.82) is 0 Å². The van der Waals surface area contributed by atoms with Gasteiger partial charge in [-0.15, -0.1) is 0 Å². The molecule has 0 radical (unpaired) electrons. The van der Waals surface area contributed by atoms with Crippen molar-refractivity contribution in [3.8, 4) is 0 Å². The number of aryl methyl sites for hydroxylation is 1. The summed E-state index contributed by atoms with van der Waals surface area (Å²) in [7, 11) is 0. The molecule has 0 saturated carbocycles. The zero-order valence-corrected chi connectivity index (χ0v) is 18.5. The SMILES string of the molecule is Cc1cccc(N2CCN(c3ncnc(NNC(=O)c4ccccc4)c3[N+](=O)[O-])CC2)c1C. The summed E-state index contributed by atoms with van der Waals surface area (Å²) < 4.78 is 0. The van der Waals surface area contributed by atoms with Gasteiger partial charge in [0.1, 0.15) is 6.33 Å². The number of carbonyl (C=O) groups excluding carboxylic acids is 1. The van der Waals surface area contributed by atoms with E-state index in [-0.39, 0.29) is 17.3 Å². The molecule has 1 aliphatic heterocycles. The number of amides is 1. The molecule has 1 aliphatic rings. The molecule has 0 atom stereocenters. The Morgan fingerprint density at radius 2 is 1.67 bits per heavy atom. The van der Waals surface area contributed by atoms with E-state index in [1.54, 1.807) is 30.3 Å². The molecule has 2 heterocycles. The summed E-state index contributed by atoms with van der Waals surface area (Å²) in [6.45, 7) is 6.75. The number of aromatic nitrogens is 2. The van der Waals surface area contributed by atoms with Crippen LogP contribution in [0.1, 0.15) is 21.5 Å². The summed E-state index contributed by atoms with van der Waals surface area (Å²) in [5.74, 6) is -0.259. The molecule has 10 heteroatoms. The van der Waals surface area contributed by atoms with Crippen LogP contribution in [0.5, 0.6) is 0 Å². The molecular formula is C23H25N7O3. The maximum atomic E-state index is 12.3. The number of nitrogens with zero attached hydrogens (tertiary/aromatic N) is 5. The molecule has 0 bridgehead atoms. The zero-order chi connectivity index (χ0) is 23.4. The third-order valence-electron chi connectivity index (χ3n) is 5.81. The Hall–Kier alpha value is -4.21. The van der Waals surface area contributed by atoms with Crippen LogP contribution in [0.2, 0.25) is 0 Å². The molecule has 0 aliphatic carbocycles. The molecule has 2 N–H and O–H groups in total. The quantitative estimate of drug-likeness (QED) is 0.437. The van der Waals surface area contributed by atoms with Crippen molar-refractivity contribution in [1.82, 2.24) is 15.4 Å². The van der Waals surface area contributed by atoms with Crippen LogP contribution in [0.3, 0.4) is 0 Å². The number of nitro groups is 1. The van der Waals surface area contributed by atoms with Crippen molar-refractivity contribution < 1.29 is 9.72 Å². The molecule has 1 fully saturated rings. The van der Waals surface area contributed by atoms with E-state index in [0.717, 1.165) is 0 Å². The van der Waals surface area contributed by atoms with Gasteiger partial charge in [0.15, 0.2) is 0 Å². The number of rotatable bonds is 6. The Labute approximate surface area is 191 Å². The van der Waals surface area contributed by atoms with Gasteiger partial charge in [0.2, 0.25) is 11.6 Å². The van der Waals surface area contributed by atoms with Gasteiger partial charge < -0.3 is 9.80 Å². The molecule has 1 aromatic heterocycles. The normalized spacial score (nSPS) is 13.5. The molecule has 1 amide bonds. The van der Waals surface area contributed by atoms with Crippen LogP contribution < -0.4 is 20.7 Å². The van der Waals surface area contributed by atoms with Crippen molar-refractivity contribution in [2.45, 2.75) is 13.8 Å². The summed E-state index contributed by atoms with van der Waals surface area (Å²) in [6.07, 6.45) is 1.26. The summed E-state index contributed by atoms with van der Waals surface area (Å²) in [4.78, 5) is 36.0. The van der Waals surface area contributed by atoms with E-state index in [9.17, 15) is 14.9 Å². The first-order valence-electron chi connectivity index (χ1n) is 10.6. The highest BCUT2D eigenvalue weighted by Crippen LogP contribution is 2.33. The summed E-state index contributed by atoms with van der Waals surface area (Å²) in [5, 5.41) is 11.9. The van der Waals surface area contributed by atoms with Crippen molar-refractivity contribution >= 4 is 28.9 Å². The van der Waals surface area contributed by atoms with Crippen molar-refractivity contribution in [2.24, 2.45) is 0 Å². The van der Waals surface area contributed by atoms with Gasteiger partial charge in [-0.2, -0.15) is 0 Å². The lowest BCUT2D eigenvalue weighted by atomic mass is 10.1. The van der Waals surface area contributed by atoms with Crippen LogP contribution in [0.4, 0.5) is 23.0 Å². The topological polar surface area (TPSA) is 117 Å². The first kappa shape index (κ1) is 22.0. The number of hydrazine groups is 1. The fourth-order valence-electron chi connectivity index (χ4n) is 3.88. The molecule has 0 unspecified atom stereocenters. The van der Waals surface area contributed by atoms with Crippen LogP contribution in [-0.4, -0.2) is 47.0 Å². The third kappa shape index (κ3) is 4.69. The first-order valence-corrected chi connectivity index (χ1v) is 10.6. The number of piperazine rings is 1. The maximum Gasteiger partial charge on any atom is 0.355 e. The molecule has 0 spiro atoms. The fourth-order valence-corrected chi connectivity index (χ4v) is 3.88. The largest absolute Gasteiger partial charge is 0.368 e. The van der Waals surface area contributed by atoms with Crippen LogP contribution in [-0.2, 0) is 0 Å². The highest BCUT2D eigenvalue weighted by molar-refractivity contribution is 5.95. The van der Waals surface area contributed by atoms with Crippen molar-refractivity contribution in [3.63, 3.8) is 0 Å². The van der Waals surface area contributed by atoms with Crippen LogP contribution in [0.25, 0.3) is 0 Å². The second kappa shape index (κ2) is 9.51. The minimum absolute atomic E-state index is 0.0637. The molecule has 33 heavy (non-hydrogen) atoms. The Morgan fingerprint density at radius 1 is 0.970 bits per heavy atom. The summed E-state index contributed by atoms with van der Waals surface area (Å²) >= 11 is 0. The standard InChI is InChI=1S/C23H25N7O3/c1-16-7-6-10-19(17(16)2)28-11-13-29(14-12-28)22-20(30(32)33)21(24-15-25-22)26-27-23(31)18-8-4-3-5-9-18/h3-10,15H,11-14H2,1-2H3,(H,27,31)(H,24,25,26). The predicted molar refractivity (Wildman–Crippen MR) is 127 cm³/mol. The van der Waals surface area contributed by atoms with Crippen LogP contribution in [0.15, 0.2) is 54.9 Å². The smallest absolute Gasteiger partial charge is 0.355 e. The number of anilines is 3.